The van der Waals surface area contributed by atoms with Gasteiger partial charge in [-0.05, 0) is 29.8 Å². The highest BCUT2D eigenvalue weighted by molar-refractivity contribution is 5.89. The smallest absolute Gasteiger partial charge is 0.264 e. The van der Waals surface area contributed by atoms with Crippen molar-refractivity contribution in [3.8, 4) is 17.2 Å². The van der Waals surface area contributed by atoms with Gasteiger partial charge in [-0.25, -0.2) is 0 Å². The number of carbonyl (C=O) groups is 1. The number of benzene rings is 2. The van der Waals surface area contributed by atoms with Crippen LogP contribution >= 0.6 is 0 Å². The molecular weight excluding hydrogens is 282 g/mol. The van der Waals surface area contributed by atoms with Crippen molar-refractivity contribution in [1.82, 2.24) is 5.32 Å². The van der Waals surface area contributed by atoms with E-state index in [0.29, 0.717) is 17.2 Å². The van der Waals surface area contributed by atoms with E-state index in [-0.39, 0.29) is 11.9 Å². The van der Waals surface area contributed by atoms with Gasteiger partial charge in [0, 0.05) is 0 Å². The summed E-state index contributed by atoms with van der Waals surface area (Å²) in [6, 6.07) is 14.7. The first-order chi connectivity index (χ1) is 10.7. The molecule has 2 aromatic rings. The molecule has 0 aromatic heterocycles. The van der Waals surface area contributed by atoms with Crippen LogP contribution in [0.15, 0.2) is 48.5 Å². The molecule has 0 aliphatic carbocycles. The number of hydrogen-bond donors (Lipinski definition) is 1. The summed E-state index contributed by atoms with van der Waals surface area (Å²) < 4.78 is 16.3. The Labute approximate surface area is 128 Å². The predicted octanol–water partition coefficient (Wildman–Crippen LogP) is 2.32. The molecule has 1 N–H and O–H groups in total. The van der Waals surface area contributed by atoms with Crippen LogP contribution < -0.4 is 19.5 Å². The molecule has 3 rings (SSSR count). The Hall–Kier alpha value is -2.69. The Kier molecular flexibility index (Phi) is 3.87. The average Bonchev–Trinajstić information content (AvgIpc) is 2.58. The number of carbonyl (C=O) groups excluding carboxylic acids is 1. The van der Waals surface area contributed by atoms with Crippen LogP contribution in [0.25, 0.3) is 0 Å². The Morgan fingerprint density at radius 3 is 2.32 bits per heavy atom. The third-order valence-corrected chi connectivity index (χ3v) is 3.63. The first-order valence-corrected chi connectivity index (χ1v) is 6.97. The number of ether oxygens (including phenoxy) is 3. The second-order valence-electron chi connectivity index (χ2n) is 4.95. The zero-order valence-corrected chi connectivity index (χ0v) is 12.4. The quantitative estimate of drug-likeness (QED) is 0.861. The van der Waals surface area contributed by atoms with E-state index >= 15 is 0 Å². The molecule has 1 heterocycles. The van der Waals surface area contributed by atoms with E-state index in [9.17, 15) is 4.79 Å². The van der Waals surface area contributed by atoms with Crippen molar-refractivity contribution in [1.29, 1.82) is 0 Å². The summed E-state index contributed by atoms with van der Waals surface area (Å²) in [5.41, 5.74) is 0.915. The monoisotopic (exact) mass is 299 g/mol. The van der Waals surface area contributed by atoms with Gasteiger partial charge < -0.3 is 19.5 Å². The van der Waals surface area contributed by atoms with Gasteiger partial charge in [-0.2, -0.15) is 0 Å². The zero-order chi connectivity index (χ0) is 15.5. The van der Waals surface area contributed by atoms with Crippen LogP contribution in [-0.2, 0) is 4.79 Å². The highest BCUT2D eigenvalue weighted by atomic mass is 16.5. The van der Waals surface area contributed by atoms with E-state index in [1.54, 1.807) is 14.2 Å². The molecule has 0 bridgehead atoms. The lowest BCUT2D eigenvalue weighted by molar-refractivity contribution is -0.140. The van der Waals surface area contributed by atoms with Crippen LogP contribution in [-0.4, -0.2) is 26.2 Å². The van der Waals surface area contributed by atoms with E-state index in [4.69, 9.17) is 14.2 Å². The van der Waals surface area contributed by atoms with Gasteiger partial charge in [-0.1, -0.05) is 24.3 Å². The van der Waals surface area contributed by atoms with Crippen LogP contribution in [0.5, 0.6) is 17.2 Å². The molecular formula is C17H17NO4. The fraction of sp³-hybridized carbons (Fsp3) is 0.235. The molecule has 1 aliphatic rings. The fourth-order valence-electron chi connectivity index (χ4n) is 2.44. The van der Waals surface area contributed by atoms with Gasteiger partial charge in [0.2, 0.25) is 6.10 Å². The molecule has 0 spiro atoms. The maximum Gasteiger partial charge on any atom is 0.264 e. The second-order valence-corrected chi connectivity index (χ2v) is 4.95. The largest absolute Gasteiger partial charge is 0.493 e. The molecule has 0 radical (unpaired) electrons. The van der Waals surface area contributed by atoms with Crippen molar-refractivity contribution in [2.45, 2.75) is 12.1 Å². The lowest BCUT2D eigenvalue weighted by Gasteiger charge is -2.37. The fourth-order valence-corrected chi connectivity index (χ4v) is 2.44. The van der Waals surface area contributed by atoms with E-state index in [1.165, 1.54) is 0 Å². The molecule has 2 aromatic carbocycles. The number of amides is 1. The molecule has 0 unspecified atom stereocenters. The second kappa shape index (κ2) is 5.97. The number of methoxy groups -OCH3 is 2. The normalized spacial score (nSPS) is 19.8. The Bertz CT molecular complexity index is 672. The minimum atomic E-state index is -0.541. The molecule has 1 saturated heterocycles. The Morgan fingerprint density at radius 2 is 1.68 bits per heavy atom. The predicted molar refractivity (Wildman–Crippen MR) is 81.3 cm³/mol. The minimum absolute atomic E-state index is 0.122. The molecule has 2 atom stereocenters. The maximum atomic E-state index is 11.8. The van der Waals surface area contributed by atoms with Crippen LogP contribution in [0.1, 0.15) is 11.6 Å². The third-order valence-electron chi connectivity index (χ3n) is 3.63. The first kappa shape index (κ1) is 14.3. The molecule has 5 nitrogen and oxygen atoms in total. The lowest BCUT2D eigenvalue weighted by Crippen LogP contribution is -2.58. The van der Waals surface area contributed by atoms with Crippen molar-refractivity contribution in [3.05, 3.63) is 54.1 Å². The summed E-state index contributed by atoms with van der Waals surface area (Å²) in [7, 11) is 3.17. The lowest BCUT2D eigenvalue weighted by atomic mass is 9.93. The van der Waals surface area contributed by atoms with E-state index < -0.39 is 6.10 Å². The molecule has 1 aliphatic heterocycles. The van der Waals surface area contributed by atoms with Crippen molar-refractivity contribution in [2.75, 3.05) is 14.2 Å². The van der Waals surface area contributed by atoms with E-state index in [2.05, 4.69) is 5.32 Å². The third kappa shape index (κ3) is 2.57. The van der Waals surface area contributed by atoms with Crippen LogP contribution in [0.4, 0.5) is 0 Å². The van der Waals surface area contributed by atoms with Gasteiger partial charge in [0.1, 0.15) is 11.8 Å². The Morgan fingerprint density at radius 1 is 0.955 bits per heavy atom. The maximum absolute atomic E-state index is 11.8. The Balaban J connectivity index is 1.81. The minimum Gasteiger partial charge on any atom is -0.493 e. The van der Waals surface area contributed by atoms with Crippen LogP contribution in [0.2, 0.25) is 0 Å². The van der Waals surface area contributed by atoms with Gasteiger partial charge in [-0.15, -0.1) is 0 Å². The summed E-state index contributed by atoms with van der Waals surface area (Å²) in [4.78, 5) is 11.8. The summed E-state index contributed by atoms with van der Waals surface area (Å²) in [6.07, 6.45) is -0.541. The zero-order valence-electron chi connectivity index (χ0n) is 12.4. The van der Waals surface area contributed by atoms with Crippen molar-refractivity contribution in [2.24, 2.45) is 0 Å². The highest BCUT2D eigenvalue weighted by Crippen LogP contribution is 2.34. The SMILES string of the molecule is COc1ccc([C@@H]2NC(=O)[C@@H]2Oc2ccccc2)cc1OC. The number of rotatable bonds is 5. The molecule has 0 saturated carbocycles. The van der Waals surface area contributed by atoms with Gasteiger partial charge >= 0.3 is 0 Å². The van der Waals surface area contributed by atoms with Gasteiger partial charge in [0.15, 0.2) is 11.5 Å². The first-order valence-electron chi connectivity index (χ1n) is 6.97. The van der Waals surface area contributed by atoms with E-state index in [1.807, 2.05) is 48.5 Å². The van der Waals surface area contributed by atoms with Crippen molar-refractivity contribution >= 4 is 5.91 Å². The number of para-hydroxylation sites is 1. The highest BCUT2D eigenvalue weighted by Gasteiger charge is 2.42. The summed E-state index contributed by atoms with van der Waals surface area (Å²) in [5.74, 6) is 1.83. The molecule has 5 heteroatoms. The van der Waals surface area contributed by atoms with E-state index in [0.717, 1.165) is 5.56 Å². The van der Waals surface area contributed by atoms with Gasteiger partial charge in [0.25, 0.3) is 5.91 Å². The molecule has 1 fully saturated rings. The number of nitrogens with one attached hydrogen (secondary N) is 1. The number of β-lactam (4-membered cyclic amide) rings is 1. The van der Waals surface area contributed by atoms with Crippen LogP contribution in [0.3, 0.4) is 0 Å². The number of hydrogen-bond acceptors (Lipinski definition) is 4. The topological polar surface area (TPSA) is 56.8 Å². The molecule has 114 valence electrons. The van der Waals surface area contributed by atoms with Crippen LogP contribution in [0, 0.1) is 0 Å². The van der Waals surface area contributed by atoms with Crippen molar-refractivity contribution < 1.29 is 19.0 Å². The van der Waals surface area contributed by atoms with Gasteiger partial charge in [0.05, 0.1) is 14.2 Å². The standard InChI is InChI=1S/C17H17NO4/c1-20-13-9-8-11(10-14(13)21-2)15-16(17(19)18-15)22-12-6-4-3-5-7-12/h3-10,15-16H,1-2H3,(H,18,19)/t15-,16+/m0/s1. The van der Waals surface area contributed by atoms with Gasteiger partial charge in [-0.3, -0.25) is 4.79 Å². The summed E-state index contributed by atoms with van der Waals surface area (Å²) in [6.45, 7) is 0. The summed E-state index contributed by atoms with van der Waals surface area (Å²) >= 11 is 0. The van der Waals surface area contributed by atoms with Crippen molar-refractivity contribution in [3.63, 3.8) is 0 Å². The summed E-state index contributed by atoms with van der Waals surface area (Å²) in [5, 5.41) is 2.86. The molecule has 1 amide bonds. The molecule has 22 heavy (non-hydrogen) atoms. The average molecular weight is 299 g/mol.